The highest BCUT2D eigenvalue weighted by molar-refractivity contribution is 9.10. The zero-order chi connectivity index (χ0) is 13.2. The van der Waals surface area contributed by atoms with Gasteiger partial charge >= 0.3 is 0 Å². The van der Waals surface area contributed by atoms with Gasteiger partial charge in [-0.1, -0.05) is 0 Å². The van der Waals surface area contributed by atoms with E-state index in [-0.39, 0.29) is 6.10 Å². The van der Waals surface area contributed by atoms with Crippen LogP contribution in [0.5, 0.6) is 5.75 Å². The van der Waals surface area contributed by atoms with Gasteiger partial charge in [-0.2, -0.15) is 0 Å². The fourth-order valence-electron chi connectivity index (χ4n) is 2.26. The van der Waals surface area contributed by atoms with Crippen molar-refractivity contribution in [1.82, 2.24) is 4.98 Å². The number of benzene rings is 1. The topological polar surface area (TPSA) is 57.4 Å². The third-order valence-corrected chi connectivity index (χ3v) is 3.71. The lowest BCUT2D eigenvalue weighted by Crippen LogP contribution is -2.26. The van der Waals surface area contributed by atoms with E-state index in [0.29, 0.717) is 5.69 Å². The Morgan fingerprint density at radius 1 is 1.32 bits per heavy atom. The highest BCUT2D eigenvalue weighted by Crippen LogP contribution is 2.31. The summed E-state index contributed by atoms with van der Waals surface area (Å²) in [5.41, 5.74) is 7.52. The van der Waals surface area contributed by atoms with Gasteiger partial charge in [0.25, 0.3) is 0 Å². The minimum absolute atomic E-state index is 0.200. The van der Waals surface area contributed by atoms with E-state index in [1.165, 1.54) is 0 Å². The number of fused-ring (bicyclic) bond motifs is 1. The smallest absolute Gasteiger partial charge is 0.146 e. The molecule has 1 aromatic heterocycles. The van der Waals surface area contributed by atoms with Gasteiger partial charge in [0.1, 0.15) is 17.4 Å². The summed E-state index contributed by atoms with van der Waals surface area (Å²) in [7, 11) is 0. The summed E-state index contributed by atoms with van der Waals surface area (Å²) in [5, 5.41) is 0.916. The van der Waals surface area contributed by atoms with Crippen molar-refractivity contribution in [3.05, 3.63) is 28.9 Å². The van der Waals surface area contributed by atoms with E-state index in [9.17, 15) is 0 Å². The van der Waals surface area contributed by atoms with Crippen LogP contribution in [0.25, 0.3) is 10.9 Å². The first-order chi connectivity index (χ1) is 9.24. The lowest BCUT2D eigenvalue weighted by molar-refractivity contribution is 0.0261. The predicted molar refractivity (Wildman–Crippen MR) is 78.3 cm³/mol. The van der Waals surface area contributed by atoms with Crippen LogP contribution in [-0.2, 0) is 4.74 Å². The van der Waals surface area contributed by atoms with Crippen molar-refractivity contribution in [3.63, 3.8) is 0 Å². The van der Waals surface area contributed by atoms with Gasteiger partial charge in [-0.25, -0.2) is 0 Å². The summed E-state index contributed by atoms with van der Waals surface area (Å²) in [6.07, 6.45) is 3.80. The number of nitrogen functional groups attached to an aromatic ring is 1. The highest BCUT2D eigenvalue weighted by Gasteiger charge is 2.17. The Hall–Kier alpha value is -1.33. The lowest BCUT2D eigenvalue weighted by Gasteiger charge is -2.23. The molecule has 0 bridgehead atoms. The Labute approximate surface area is 120 Å². The summed E-state index contributed by atoms with van der Waals surface area (Å²) in [6.45, 7) is 1.52. The van der Waals surface area contributed by atoms with Gasteiger partial charge in [-0.05, 0) is 34.1 Å². The fourth-order valence-corrected chi connectivity index (χ4v) is 2.59. The van der Waals surface area contributed by atoms with E-state index < -0.39 is 0 Å². The largest absolute Gasteiger partial charge is 0.488 e. The van der Waals surface area contributed by atoms with E-state index >= 15 is 0 Å². The van der Waals surface area contributed by atoms with Crippen molar-refractivity contribution in [2.75, 3.05) is 18.9 Å². The number of hydrogen-bond donors (Lipinski definition) is 1. The number of nitrogens with zero attached hydrogens (tertiary/aromatic N) is 1. The molecule has 4 nitrogen and oxygen atoms in total. The van der Waals surface area contributed by atoms with Crippen LogP contribution < -0.4 is 10.5 Å². The summed E-state index contributed by atoms with van der Waals surface area (Å²) in [5.74, 6) is 0.795. The number of aromatic nitrogens is 1. The van der Waals surface area contributed by atoms with E-state index in [0.717, 1.165) is 47.2 Å². The molecule has 1 saturated heterocycles. The van der Waals surface area contributed by atoms with Gasteiger partial charge in [0.2, 0.25) is 0 Å². The molecule has 1 aliphatic heterocycles. The normalized spacial score (nSPS) is 16.7. The van der Waals surface area contributed by atoms with Crippen LogP contribution in [0.2, 0.25) is 0 Å². The van der Waals surface area contributed by atoms with Crippen LogP contribution in [0, 0.1) is 0 Å². The quantitative estimate of drug-likeness (QED) is 0.863. The monoisotopic (exact) mass is 322 g/mol. The summed E-state index contributed by atoms with van der Waals surface area (Å²) < 4.78 is 12.3. The first-order valence-corrected chi connectivity index (χ1v) is 7.11. The number of rotatable bonds is 2. The minimum atomic E-state index is 0.200. The van der Waals surface area contributed by atoms with Crippen LogP contribution in [0.4, 0.5) is 5.69 Å². The highest BCUT2D eigenvalue weighted by atomic mass is 79.9. The number of hydrogen-bond acceptors (Lipinski definition) is 4. The summed E-state index contributed by atoms with van der Waals surface area (Å²) in [4.78, 5) is 4.42. The second-order valence-corrected chi connectivity index (χ2v) is 5.55. The number of anilines is 1. The molecule has 2 heterocycles. The molecule has 2 aromatic rings. The van der Waals surface area contributed by atoms with Crippen LogP contribution in [-0.4, -0.2) is 24.3 Å². The Balaban J connectivity index is 1.96. The van der Waals surface area contributed by atoms with Gasteiger partial charge in [0.05, 0.1) is 13.2 Å². The zero-order valence-corrected chi connectivity index (χ0v) is 12.0. The molecule has 0 unspecified atom stereocenters. The molecule has 1 fully saturated rings. The van der Waals surface area contributed by atoms with Crippen LogP contribution in [0.15, 0.2) is 28.9 Å². The molecule has 3 rings (SSSR count). The summed E-state index contributed by atoms with van der Waals surface area (Å²) in [6, 6.07) is 5.73. The minimum Gasteiger partial charge on any atom is -0.488 e. The third-order valence-electron chi connectivity index (χ3n) is 3.27. The molecule has 1 aliphatic rings. The fraction of sp³-hybridized carbons (Fsp3) is 0.357. The maximum Gasteiger partial charge on any atom is 0.146 e. The van der Waals surface area contributed by atoms with Gasteiger partial charge in [-0.3, -0.25) is 4.98 Å². The number of ether oxygens (including phenoxy) is 2. The van der Waals surface area contributed by atoms with Crippen molar-refractivity contribution >= 4 is 32.5 Å². The van der Waals surface area contributed by atoms with Crippen LogP contribution in [0.3, 0.4) is 0 Å². The van der Waals surface area contributed by atoms with Gasteiger partial charge in [-0.15, -0.1) is 0 Å². The number of nitrogens with two attached hydrogens (primary N) is 1. The molecule has 1 aromatic carbocycles. The average molecular weight is 323 g/mol. The first-order valence-electron chi connectivity index (χ1n) is 6.32. The molecule has 19 heavy (non-hydrogen) atoms. The molecule has 0 aliphatic carbocycles. The van der Waals surface area contributed by atoms with Crippen molar-refractivity contribution in [3.8, 4) is 5.75 Å². The second-order valence-electron chi connectivity index (χ2n) is 4.63. The zero-order valence-electron chi connectivity index (χ0n) is 10.4. The molecule has 0 atom stereocenters. The van der Waals surface area contributed by atoms with Gasteiger partial charge in [0.15, 0.2) is 0 Å². The van der Waals surface area contributed by atoms with Crippen molar-refractivity contribution in [2.24, 2.45) is 0 Å². The number of pyridine rings is 1. The molecule has 0 radical (unpaired) electrons. The summed E-state index contributed by atoms with van der Waals surface area (Å²) >= 11 is 3.41. The molecule has 5 heteroatoms. The first kappa shape index (κ1) is 12.7. The lowest BCUT2D eigenvalue weighted by atomic mass is 10.1. The molecular weight excluding hydrogens is 308 g/mol. The molecular formula is C14H15BrN2O2. The van der Waals surface area contributed by atoms with E-state index in [4.69, 9.17) is 15.2 Å². The Morgan fingerprint density at radius 2 is 2.11 bits per heavy atom. The second kappa shape index (κ2) is 5.35. The maximum absolute atomic E-state index is 6.05. The molecule has 2 N–H and O–H groups in total. The molecule has 0 spiro atoms. The Kier molecular flexibility index (Phi) is 3.57. The van der Waals surface area contributed by atoms with Crippen LogP contribution >= 0.6 is 15.9 Å². The maximum atomic E-state index is 6.05. The van der Waals surface area contributed by atoms with Crippen LogP contribution in [0.1, 0.15) is 12.8 Å². The van der Waals surface area contributed by atoms with Crippen molar-refractivity contribution in [1.29, 1.82) is 0 Å². The number of halogens is 1. The average Bonchev–Trinajstić information content (AvgIpc) is 2.43. The van der Waals surface area contributed by atoms with Crippen molar-refractivity contribution in [2.45, 2.75) is 18.9 Å². The van der Waals surface area contributed by atoms with Gasteiger partial charge < -0.3 is 15.2 Å². The van der Waals surface area contributed by atoms with Crippen molar-refractivity contribution < 1.29 is 9.47 Å². The van der Waals surface area contributed by atoms with Gasteiger partial charge in [0, 0.05) is 34.6 Å². The molecule has 0 saturated carbocycles. The predicted octanol–water partition coefficient (Wildman–Crippen LogP) is 3.14. The Bertz CT molecular complexity index is 597. The Morgan fingerprint density at radius 3 is 2.89 bits per heavy atom. The van der Waals surface area contributed by atoms with E-state index in [1.807, 2.05) is 18.2 Å². The van der Waals surface area contributed by atoms with E-state index in [2.05, 4.69) is 20.9 Å². The van der Waals surface area contributed by atoms with E-state index in [1.54, 1.807) is 6.20 Å². The molecule has 100 valence electrons. The molecule has 0 amide bonds. The SMILES string of the molecule is Nc1ccc(OC2CCOCC2)c2ncc(Br)cc12. The third kappa shape index (κ3) is 2.67. The standard InChI is InChI=1S/C14H15BrN2O2/c15-9-7-11-12(16)1-2-13(14(11)17-8-9)19-10-3-5-18-6-4-10/h1-2,7-8,10H,3-6,16H2.